The van der Waals surface area contributed by atoms with Gasteiger partial charge < -0.3 is 19.9 Å². The van der Waals surface area contributed by atoms with Gasteiger partial charge in [-0.25, -0.2) is 0 Å². The third kappa shape index (κ3) is 2.73. The van der Waals surface area contributed by atoms with Crippen LogP contribution in [0, 0.1) is 5.92 Å². The van der Waals surface area contributed by atoms with Crippen molar-refractivity contribution in [3.8, 4) is 11.5 Å². The fourth-order valence-electron chi connectivity index (χ4n) is 2.62. The van der Waals surface area contributed by atoms with Gasteiger partial charge in [0.1, 0.15) is 13.2 Å². The predicted molar refractivity (Wildman–Crippen MR) is 77.5 cm³/mol. The van der Waals surface area contributed by atoms with Gasteiger partial charge in [0.15, 0.2) is 11.5 Å². The molecule has 1 aromatic carbocycles. The Hall–Kier alpha value is -0.970. The fourth-order valence-corrected chi connectivity index (χ4v) is 2.91. The molecule has 1 atom stereocenters. The number of hydrogen-bond donors (Lipinski definition) is 2. The molecule has 1 aliphatic heterocycles. The molecule has 110 valence electrons. The average molecular weight is 298 g/mol. The number of benzene rings is 1. The molecule has 0 radical (unpaired) electrons. The molecule has 0 spiro atoms. The first-order chi connectivity index (χ1) is 9.62. The Morgan fingerprint density at radius 1 is 1.35 bits per heavy atom. The molecular formula is C15H20ClNO3. The average Bonchev–Trinajstić information content (AvgIpc) is 3.30. The summed E-state index contributed by atoms with van der Waals surface area (Å²) in [4.78, 5) is 0. The minimum atomic E-state index is -0.209. The molecule has 0 saturated heterocycles. The monoisotopic (exact) mass is 297 g/mol. The zero-order chi connectivity index (χ0) is 14.2. The predicted octanol–water partition coefficient (Wildman–Crippen LogP) is 2.36. The maximum atomic E-state index is 9.59. The maximum absolute atomic E-state index is 9.59. The van der Waals surface area contributed by atoms with Gasteiger partial charge in [0.25, 0.3) is 0 Å². The second-order valence-electron chi connectivity index (χ2n) is 5.81. The summed E-state index contributed by atoms with van der Waals surface area (Å²) in [6, 6.07) is 3.85. The van der Waals surface area contributed by atoms with E-state index in [1.54, 1.807) is 0 Å². The first-order valence-electron chi connectivity index (χ1n) is 7.06. The molecule has 0 bridgehead atoms. The zero-order valence-corrected chi connectivity index (χ0v) is 12.4. The second-order valence-corrected chi connectivity index (χ2v) is 6.21. The molecular weight excluding hydrogens is 278 g/mol. The summed E-state index contributed by atoms with van der Waals surface area (Å²) >= 11 is 6.22. The van der Waals surface area contributed by atoms with Crippen molar-refractivity contribution in [2.24, 2.45) is 5.92 Å². The Balaban J connectivity index is 1.73. The Morgan fingerprint density at radius 2 is 2.10 bits per heavy atom. The highest BCUT2D eigenvalue weighted by Crippen LogP contribution is 2.40. The summed E-state index contributed by atoms with van der Waals surface area (Å²) in [5, 5.41) is 13.6. The van der Waals surface area contributed by atoms with Crippen LogP contribution < -0.4 is 14.8 Å². The van der Waals surface area contributed by atoms with Crippen LogP contribution >= 0.6 is 11.6 Å². The van der Waals surface area contributed by atoms with E-state index in [2.05, 4.69) is 12.2 Å². The van der Waals surface area contributed by atoms with Gasteiger partial charge in [0.2, 0.25) is 0 Å². The topological polar surface area (TPSA) is 50.7 Å². The van der Waals surface area contributed by atoms with Gasteiger partial charge in [0, 0.05) is 12.1 Å². The molecule has 3 rings (SSSR count). The smallest absolute Gasteiger partial charge is 0.179 e. The molecule has 5 heteroatoms. The summed E-state index contributed by atoms with van der Waals surface area (Å²) in [7, 11) is 0. The zero-order valence-electron chi connectivity index (χ0n) is 11.6. The van der Waals surface area contributed by atoms with Crippen LogP contribution in [0.2, 0.25) is 5.02 Å². The number of halogens is 1. The van der Waals surface area contributed by atoms with Crippen LogP contribution in [-0.4, -0.2) is 30.5 Å². The van der Waals surface area contributed by atoms with E-state index in [0.717, 1.165) is 5.56 Å². The Kier molecular flexibility index (Phi) is 3.80. The van der Waals surface area contributed by atoms with E-state index in [0.29, 0.717) is 42.2 Å². The lowest BCUT2D eigenvalue weighted by Gasteiger charge is -2.29. The van der Waals surface area contributed by atoms with Crippen molar-refractivity contribution in [1.82, 2.24) is 5.32 Å². The standard InChI is InChI=1S/C15H20ClNO3/c1-15(9-18,11-2-3-11)17-8-10-6-12(16)14-13(7-10)19-4-5-20-14/h6-7,11,17-18H,2-5,8-9H2,1H3. The van der Waals surface area contributed by atoms with Gasteiger partial charge in [-0.05, 0) is 43.4 Å². The Morgan fingerprint density at radius 3 is 2.80 bits per heavy atom. The van der Waals surface area contributed by atoms with E-state index < -0.39 is 0 Å². The van der Waals surface area contributed by atoms with Gasteiger partial charge in [0.05, 0.1) is 11.6 Å². The third-order valence-corrected chi connectivity index (χ3v) is 4.44. The van der Waals surface area contributed by atoms with Crippen molar-refractivity contribution in [3.63, 3.8) is 0 Å². The molecule has 1 aromatic rings. The molecule has 0 amide bonds. The van der Waals surface area contributed by atoms with Crippen molar-refractivity contribution in [2.75, 3.05) is 19.8 Å². The molecule has 0 aromatic heterocycles. The number of nitrogens with one attached hydrogen (secondary N) is 1. The summed E-state index contributed by atoms with van der Waals surface area (Å²) in [6.45, 7) is 3.97. The Labute approximate surface area is 124 Å². The second kappa shape index (κ2) is 5.43. The van der Waals surface area contributed by atoms with Crippen molar-refractivity contribution in [1.29, 1.82) is 0 Å². The molecule has 1 aliphatic carbocycles. The fraction of sp³-hybridized carbons (Fsp3) is 0.600. The van der Waals surface area contributed by atoms with Crippen LogP contribution in [0.25, 0.3) is 0 Å². The summed E-state index contributed by atoms with van der Waals surface area (Å²) < 4.78 is 11.1. The van der Waals surface area contributed by atoms with E-state index in [-0.39, 0.29) is 12.1 Å². The lowest BCUT2D eigenvalue weighted by Crippen LogP contribution is -2.47. The molecule has 1 saturated carbocycles. The first-order valence-corrected chi connectivity index (χ1v) is 7.44. The molecule has 1 heterocycles. The van der Waals surface area contributed by atoms with Crippen LogP contribution in [0.5, 0.6) is 11.5 Å². The third-order valence-electron chi connectivity index (χ3n) is 4.16. The van der Waals surface area contributed by atoms with Crippen LogP contribution in [0.1, 0.15) is 25.3 Å². The molecule has 1 fully saturated rings. The van der Waals surface area contributed by atoms with Crippen LogP contribution in [0.15, 0.2) is 12.1 Å². The number of aliphatic hydroxyl groups is 1. The Bertz CT molecular complexity index is 504. The van der Waals surface area contributed by atoms with Gasteiger partial charge >= 0.3 is 0 Å². The normalized spacial score (nSPS) is 20.6. The number of ether oxygens (including phenoxy) is 2. The highest BCUT2D eigenvalue weighted by atomic mass is 35.5. The number of fused-ring (bicyclic) bond motifs is 1. The maximum Gasteiger partial charge on any atom is 0.179 e. The lowest BCUT2D eigenvalue weighted by atomic mass is 9.96. The van der Waals surface area contributed by atoms with Crippen molar-refractivity contribution < 1.29 is 14.6 Å². The number of hydrogen-bond acceptors (Lipinski definition) is 4. The molecule has 1 unspecified atom stereocenters. The molecule has 20 heavy (non-hydrogen) atoms. The van der Waals surface area contributed by atoms with Crippen LogP contribution in [-0.2, 0) is 6.54 Å². The highest BCUT2D eigenvalue weighted by Gasteiger charge is 2.40. The molecule has 2 N–H and O–H groups in total. The molecule has 4 nitrogen and oxygen atoms in total. The highest BCUT2D eigenvalue weighted by molar-refractivity contribution is 6.32. The van der Waals surface area contributed by atoms with Crippen molar-refractivity contribution >= 4 is 11.6 Å². The van der Waals surface area contributed by atoms with E-state index in [9.17, 15) is 5.11 Å². The largest absolute Gasteiger partial charge is 0.486 e. The van der Waals surface area contributed by atoms with Gasteiger partial charge in [-0.3, -0.25) is 0 Å². The number of rotatable bonds is 5. The lowest BCUT2D eigenvalue weighted by molar-refractivity contribution is 0.153. The quantitative estimate of drug-likeness (QED) is 0.876. The molecule has 2 aliphatic rings. The summed E-state index contributed by atoms with van der Waals surface area (Å²) in [5.41, 5.74) is 0.833. The minimum Gasteiger partial charge on any atom is -0.486 e. The van der Waals surface area contributed by atoms with Crippen LogP contribution in [0.3, 0.4) is 0 Å². The van der Waals surface area contributed by atoms with E-state index in [1.165, 1.54) is 12.8 Å². The minimum absolute atomic E-state index is 0.149. The summed E-state index contributed by atoms with van der Waals surface area (Å²) in [6.07, 6.45) is 2.37. The van der Waals surface area contributed by atoms with Gasteiger partial charge in [-0.1, -0.05) is 11.6 Å². The van der Waals surface area contributed by atoms with Crippen molar-refractivity contribution in [3.05, 3.63) is 22.7 Å². The van der Waals surface area contributed by atoms with E-state index in [4.69, 9.17) is 21.1 Å². The van der Waals surface area contributed by atoms with Gasteiger partial charge in [-0.2, -0.15) is 0 Å². The SMILES string of the molecule is CC(CO)(NCc1cc(Cl)c2c(c1)OCCO2)C1CC1. The summed E-state index contributed by atoms with van der Waals surface area (Å²) in [5.74, 6) is 1.91. The van der Waals surface area contributed by atoms with Gasteiger partial charge in [-0.15, -0.1) is 0 Å². The first kappa shape index (κ1) is 14.0. The van der Waals surface area contributed by atoms with Crippen molar-refractivity contribution in [2.45, 2.75) is 31.8 Å². The van der Waals surface area contributed by atoms with E-state index >= 15 is 0 Å². The number of aliphatic hydroxyl groups excluding tert-OH is 1. The van der Waals surface area contributed by atoms with Crippen LogP contribution in [0.4, 0.5) is 0 Å². The van der Waals surface area contributed by atoms with E-state index in [1.807, 2.05) is 12.1 Å².